The molecule has 0 atom stereocenters. The fourth-order valence-electron chi connectivity index (χ4n) is 1.33. The first-order chi connectivity index (χ1) is 7.08. The largest absolute Gasteiger partial charge is 0.310 e. The van der Waals surface area contributed by atoms with E-state index in [0.29, 0.717) is 6.04 Å². The Hall–Kier alpha value is -0.830. The summed E-state index contributed by atoms with van der Waals surface area (Å²) in [7, 11) is 0. The van der Waals surface area contributed by atoms with Crippen LogP contribution in [0.3, 0.4) is 0 Å². The van der Waals surface area contributed by atoms with Crippen LogP contribution < -0.4 is 5.32 Å². The van der Waals surface area contributed by atoms with Crippen molar-refractivity contribution >= 4 is 0 Å². The molecule has 1 heterocycles. The minimum absolute atomic E-state index is 0.531. The summed E-state index contributed by atoms with van der Waals surface area (Å²) in [5.41, 5.74) is 1.27. The van der Waals surface area contributed by atoms with Gasteiger partial charge in [-0.05, 0) is 12.3 Å². The van der Waals surface area contributed by atoms with Gasteiger partial charge in [0.1, 0.15) is 0 Å². The highest BCUT2D eigenvalue weighted by molar-refractivity contribution is 5.03. The molecule has 0 aliphatic carbocycles. The molecule has 15 heavy (non-hydrogen) atoms. The molecule has 0 spiro atoms. The number of hydrogen-bond acceptors (Lipinski definition) is 2. The van der Waals surface area contributed by atoms with Gasteiger partial charge in [0.25, 0.3) is 0 Å². The molecular formula is C12H23N3. The lowest BCUT2D eigenvalue weighted by Gasteiger charge is -2.05. The van der Waals surface area contributed by atoms with Crippen molar-refractivity contribution in [2.45, 2.75) is 53.2 Å². The lowest BCUT2D eigenvalue weighted by molar-refractivity contribution is 0.486. The summed E-state index contributed by atoms with van der Waals surface area (Å²) in [4.78, 5) is 0. The Bertz CT molecular complexity index is 250. The fourth-order valence-corrected chi connectivity index (χ4v) is 1.33. The molecule has 0 saturated carbocycles. The van der Waals surface area contributed by atoms with Crippen LogP contribution in [0, 0.1) is 5.92 Å². The monoisotopic (exact) mass is 209 g/mol. The Morgan fingerprint density at radius 2 is 2.07 bits per heavy atom. The van der Waals surface area contributed by atoms with Gasteiger partial charge in [-0.2, -0.15) is 5.10 Å². The maximum Gasteiger partial charge on any atom is 0.0534 e. The number of hydrogen-bond donors (Lipinski definition) is 1. The highest BCUT2D eigenvalue weighted by atomic mass is 15.3. The van der Waals surface area contributed by atoms with Crippen molar-refractivity contribution in [1.82, 2.24) is 15.1 Å². The molecule has 3 heteroatoms. The van der Waals surface area contributed by atoms with Crippen LogP contribution in [0.4, 0.5) is 0 Å². The molecule has 0 unspecified atom stereocenters. The van der Waals surface area contributed by atoms with E-state index in [4.69, 9.17) is 0 Å². The predicted molar refractivity (Wildman–Crippen MR) is 63.7 cm³/mol. The average Bonchev–Trinajstić information content (AvgIpc) is 2.59. The Balaban J connectivity index is 2.35. The zero-order chi connectivity index (χ0) is 11.3. The van der Waals surface area contributed by atoms with Gasteiger partial charge in [0.15, 0.2) is 0 Å². The topological polar surface area (TPSA) is 29.9 Å². The molecule has 1 aromatic rings. The Morgan fingerprint density at radius 1 is 1.33 bits per heavy atom. The molecule has 1 aromatic heterocycles. The molecule has 1 rings (SSSR count). The molecule has 0 bridgehead atoms. The van der Waals surface area contributed by atoms with Crippen molar-refractivity contribution in [2.24, 2.45) is 5.92 Å². The van der Waals surface area contributed by atoms with Gasteiger partial charge in [-0.1, -0.05) is 27.7 Å². The van der Waals surface area contributed by atoms with Gasteiger partial charge in [0, 0.05) is 30.9 Å². The van der Waals surface area contributed by atoms with Gasteiger partial charge in [-0.3, -0.25) is 4.68 Å². The molecule has 0 radical (unpaired) electrons. The van der Waals surface area contributed by atoms with E-state index in [1.807, 2.05) is 10.9 Å². The zero-order valence-electron chi connectivity index (χ0n) is 10.3. The van der Waals surface area contributed by atoms with Gasteiger partial charge >= 0.3 is 0 Å². The van der Waals surface area contributed by atoms with Crippen molar-refractivity contribution in [3.8, 4) is 0 Å². The van der Waals surface area contributed by atoms with Crippen molar-refractivity contribution < 1.29 is 0 Å². The normalized spacial score (nSPS) is 11.6. The minimum atomic E-state index is 0.531. The molecule has 86 valence electrons. The smallest absolute Gasteiger partial charge is 0.0534 e. The van der Waals surface area contributed by atoms with Gasteiger partial charge in [-0.15, -0.1) is 0 Å². The number of nitrogens with zero attached hydrogens (tertiary/aromatic N) is 2. The van der Waals surface area contributed by atoms with E-state index in [2.05, 4.69) is 44.3 Å². The molecule has 3 nitrogen and oxygen atoms in total. The molecule has 1 N–H and O–H groups in total. The van der Waals surface area contributed by atoms with E-state index in [1.54, 1.807) is 0 Å². The minimum Gasteiger partial charge on any atom is -0.310 e. The number of aryl methyl sites for hydroxylation is 1. The van der Waals surface area contributed by atoms with E-state index < -0.39 is 0 Å². The quantitative estimate of drug-likeness (QED) is 0.780. The maximum absolute atomic E-state index is 4.34. The third-order valence-corrected chi connectivity index (χ3v) is 2.34. The number of rotatable bonds is 6. The zero-order valence-corrected chi connectivity index (χ0v) is 10.3. The predicted octanol–water partition coefficient (Wildman–Crippen LogP) is 2.43. The van der Waals surface area contributed by atoms with Gasteiger partial charge in [0.2, 0.25) is 0 Å². The second-order valence-corrected chi connectivity index (χ2v) is 4.83. The second kappa shape index (κ2) is 5.91. The first-order valence-electron chi connectivity index (χ1n) is 5.82. The lowest BCUT2D eigenvalue weighted by atomic mass is 10.1. The molecule has 0 aromatic carbocycles. The van der Waals surface area contributed by atoms with Crippen molar-refractivity contribution in [3.63, 3.8) is 0 Å². The molecular weight excluding hydrogens is 186 g/mol. The van der Waals surface area contributed by atoms with Crippen molar-refractivity contribution in [3.05, 3.63) is 18.0 Å². The summed E-state index contributed by atoms with van der Waals surface area (Å²) in [5, 5.41) is 7.73. The van der Waals surface area contributed by atoms with Crippen LogP contribution in [0.15, 0.2) is 12.4 Å². The summed E-state index contributed by atoms with van der Waals surface area (Å²) >= 11 is 0. The summed E-state index contributed by atoms with van der Waals surface area (Å²) in [6, 6.07) is 0.531. The van der Waals surface area contributed by atoms with Crippen LogP contribution in [0.25, 0.3) is 0 Å². The van der Waals surface area contributed by atoms with Crippen LogP contribution in [0.2, 0.25) is 0 Å². The van der Waals surface area contributed by atoms with Crippen LogP contribution in [-0.4, -0.2) is 15.8 Å². The summed E-state index contributed by atoms with van der Waals surface area (Å²) in [6.07, 6.45) is 5.28. The number of aromatic nitrogens is 2. The van der Waals surface area contributed by atoms with E-state index in [-0.39, 0.29) is 0 Å². The van der Waals surface area contributed by atoms with Crippen molar-refractivity contribution in [2.75, 3.05) is 0 Å². The average molecular weight is 209 g/mol. The van der Waals surface area contributed by atoms with Crippen LogP contribution in [0.1, 0.15) is 39.7 Å². The maximum atomic E-state index is 4.34. The molecule has 0 amide bonds. The van der Waals surface area contributed by atoms with Gasteiger partial charge in [-0.25, -0.2) is 0 Å². The molecule has 0 saturated heterocycles. The van der Waals surface area contributed by atoms with E-state index in [1.165, 1.54) is 12.0 Å². The summed E-state index contributed by atoms with van der Waals surface area (Å²) < 4.78 is 2.04. The number of nitrogens with one attached hydrogen (secondary N) is 1. The van der Waals surface area contributed by atoms with Crippen LogP contribution in [-0.2, 0) is 13.1 Å². The van der Waals surface area contributed by atoms with Crippen molar-refractivity contribution in [1.29, 1.82) is 0 Å². The fraction of sp³-hybridized carbons (Fsp3) is 0.750. The van der Waals surface area contributed by atoms with Crippen LogP contribution >= 0.6 is 0 Å². The van der Waals surface area contributed by atoms with E-state index in [0.717, 1.165) is 19.0 Å². The highest BCUT2D eigenvalue weighted by Gasteiger charge is 2.00. The third kappa shape index (κ3) is 4.98. The molecule has 0 aliphatic rings. The Morgan fingerprint density at radius 3 is 2.67 bits per heavy atom. The second-order valence-electron chi connectivity index (χ2n) is 4.83. The first kappa shape index (κ1) is 12.2. The lowest BCUT2D eigenvalue weighted by Crippen LogP contribution is -2.21. The Kier molecular flexibility index (Phi) is 4.82. The van der Waals surface area contributed by atoms with Gasteiger partial charge in [0.05, 0.1) is 6.20 Å². The highest BCUT2D eigenvalue weighted by Crippen LogP contribution is 2.04. The van der Waals surface area contributed by atoms with E-state index >= 15 is 0 Å². The standard InChI is InChI=1S/C12H23N3/c1-10(2)5-6-15-9-12(8-14-15)7-13-11(3)4/h8-11,13H,5-7H2,1-4H3. The molecule has 0 fully saturated rings. The van der Waals surface area contributed by atoms with Gasteiger partial charge < -0.3 is 5.32 Å². The summed E-state index contributed by atoms with van der Waals surface area (Å²) in [6.45, 7) is 10.7. The first-order valence-corrected chi connectivity index (χ1v) is 5.82. The van der Waals surface area contributed by atoms with Crippen LogP contribution in [0.5, 0.6) is 0 Å². The SMILES string of the molecule is CC(C)CCn1cc(CNC(C)C)cn1. The third-order valence-electron chi connectivity index (χ3n) is 2.34. The summed E-state index contributed by atoms with van der Waals surface area (Å²) in [5.74, 6) is 0.742. The Labute approximate surface area is 92.9 Å². The van der Waals surface area contributed by atoms with E-state index in [9.17, 15) is 0 Å². The molecule has 0 aliphatic heterocycles.